The summed E-state index contributed by atoms with van der Waals surface area (Å²) in [4.78, 5) is 15.7. The Morgan fingerprint density at radius 2 is 1.67 bits per heavy atom. The van der Waals surface area contributed by atoms with Crippen LogP contribution < -0.4 is 9.64 Å². The van der Waals surface area contributed by atoms with Gasteiger partial charge in [0, 0.05) is 49.7 Å². The Bertz CT molecular complexity index is 1460. The smallest absolute Gasteiger partial charge is 0.261 e. The molecule has 4 aromatic rings. The Balaban J connectivity index is 1.62. The zero-order chi connectivity index (χ0) is 27.4. The second-order valence-electron chi connectivity index (χ2n) is 9.25. The molecule has 8 nitrogen and oxygen atoms in total. The van der Waals surface area contributed by atoms with Crippen LogP contribution in [0.5, 0.6) is 5.75 Å². The fraction of sp³-hybridized carbons (Fsp3) is 0.226. The monoisotopic (exact) mass is 525 g/mol. The van der Waals surface area contributed by atoms with Gasteiger partial charge in [-0.25, -0.2) is 0 Å². The zero-order valence-corrected chi connectivity index (χ0v) is 22.2. The number of nitrogens with zero attached hydrogens (tertiary/aromatic N) is 3. The van der Waals surface area contributed by atoms with E-state index in [1.165, 1.54) is 4.90 Å². The second kappa shape index (κ2) is 11.2. The first-order valence-electron chi connectivity index (χ1n) is 12.6. The van der Waals surface area contributed by atoms with E-state index >= 15 is 0 Å². The SMILES string of the molecule is COc1ccc(C2=CC(O)(c3ccccc3)N(c3ccccc3CC(OC)OC)C2=O)cc1Cn1cccn1. The Morgan fingerprint density at radius 1 is 0.923 bits per heavy atom. The summed E-state index contributed by atoms with van der Waals surface area (Å²) in [6, 6.07) is 24.1. The lowest BCUT2D eigenvalue weighted by atomic mass is 9.98. The molecule has 8 heteroatoms. The Morgan fingerprint density at radius 3 is 2.36 bits per heavy atom. The van der Waals surface area contributed by atoms with E-state index in [0.29, 0.717) is 41.1 Å². The largest absolute Gasteiger partial charge is 0.496 e. The number of carbonyl (C=O) groups excluding carboxylic acids is 1. The van der Waals surface area contributed by atoms with E-state index < -0.39 is 12.0 Å². The predicted octanol–water partition coefficient (Wildman–Crippen LogP) is 4.38. The minimum atomic E-state index is -1.72. The van der Waals surface area contributed by atoms with Gasteiger partial charge in [-0.15, -0.1) is 0 Å². The molecular weight excluding hydrogens is 494 g/mol. The lowest BCUT2D eigenvalue weighted by Crippen LogP contribution is -2.45. The summed E-state index contributed by atoms with van der Waals surface area (Å²) < 4.78 is 18.2. The molecule has 1 aliphatic rings. The topological polar surface area (TPSA) is 86.1 Å². The van der Waals surface area contributed by atoms with Gasteiger partial charge in [-0.3, -0.25) is 14.4 Å². The summed E-state index contributed by atoms with van der Waals surface area (Å²) >= 11 is 0. The normalized spacial score (nSPS) is 17.1. The molecule has 3 aromatic carbocycles. The minimum Gasteiger partial charge on any atom is -0.496 e. The van der Waals surface area contributed by atoms with E-state index in [9.17, 15) is 9.90 Å². The van der Waals surface area contributed by atoms with Gasteiger partial charge in [-0.05, 0) is 41.5 Å². The third-order valence-corrected chi connectivity index (χ3v) is 6.95. The maximum atomic E-state index is 14.2. The maximum Gasteiger partial charge on any atom is 0.261 e. The highest BCUT2D eigenvalue weighted by atomic mass is 16.7. The highest BCUT2D eigenvalue weighted by Crippen LogP contribution is 2.44. The van der Waals surface area contributed by atoms with Crippen molar-refractivity contribution < 1.29 is 24.1 Å². The molecule has 2 heterocycles. The fourth-order valence-electron chi connectivity index (χ4n) is 4.98. The number of carbonyl (C=O) groups is 1. The number of anilines is 1. The minimum absolute atomic E-state index is 0.324. The summed E-state index contributed by atoms with van der Waals surface area (Å²) in [5.74, 6) is 0.362. The van der Waals surface area contributed by atoms with Gasteiger partial charge in [-0.2, -0.15) is 5.10 Å². The molecule has 5 rings (SSSR count). The first kappa shape index (κ1) is 26.4. The second-order valence-corrected chi connectivity index (χ2v) is 9.25. The standard InChI is InChI=1S/C31H31N3O5/c1-37-28-15-14-22(18-24(28)21-33-17-9-16-32-33)26-20-31(36,25-11-5-4-6-12-25)34(30(26)35)27-13-8-7-10-23(27)19-29(38-2)39-3/h4-18,20,29,36H,19,21H2,1-3H3. The van der Waals surface area contributed by atoms with E-state index in [4.69, 9.17) is 14.2 Å². The van der Waals surface area contributed by atoms with Crippen molar-refractivity contribution >= 4 is 17.2 Å². The molecule has 0 radical (unpaired) electrons. The van der Waals surface area contributed by atoms with Gasteiger partial charge in [0.1, 0.15) is 5.75 Å². The highest BCUT2D eigenvalue weighted by molar-refractivity contribution is 6.30. The number of aromatic nitrogens is 2. The lowest BCUT2D eigenvalue weighted by Gasteiger charge is -2.35. The van der Waals surface area contributed by atoms with E-state index in [2.05, 4.69) is 5.10 Å². The van der Waals surface area contributed by atoms with Gasteiger partial charge in [0.25, 0.3) is 5.91 Å². The van der Waals surface area contributed by atoms with Gasteiger partial charge >= 0.3 is 0 Å². The van der Waals surface area contributed by atoms with Crippen molar-refractivity contribution in [1.82, 2.24) is 9.78 Å². The van der Waals surface area contributed by atoms with Crippen LogP contribution in [-0.2, 0) is 33.0 Å². The number of para-hydroxylation sites is 1. The molecule has 200 valence electrons. The molecule has 0 aliphatic carbocycles. The van der Waals surface area contributed by atoms with Crippen LogP contribution in [-0.4, -0.2) is 48.4 Å². The molecule has 0 saturated carbocycles. The molecule has 1 N–H and O–H groups in total. The molecule has 0 bridgehead atoms. The van der Waals surface area contributed by atoms with Crippen molar-refractivity contribution in [2.24, 2.45) is 0 Å². The number of hydrogen-bond acceptors (Lipinski definition) is 6. The van der Waals surface area contributed by atoms with Gasteiger partial charge in [0.15, 0.2) is 12.0 Å². The van der Waals surface area contributed by atoms with E-state index in [0.717, 1.165) is 11.1 Å². The highest BCUT2D eigenvalue weighted by Gasteiger charge is 2.47. The number of ether oxygens (including phenoxy) is 3. The molecule has 1 aromatic heterocycles. The molecule has 1 amide bonds. The number of amides is 1. The summed E-state index contributed by atoms with van der Waals surface area (Å²) in [5.41, 5.74) is 2.14. The number of benzene rings is 3. The third-order valence-electron chi connectivity index (χ3n) is 6.95. The number of rotatable bonds is 10. The van der Waals surface area contributed by atoms with E-state index in [1.807, 2.05) is 85.1 Å². The predicted molar refractivity (Wildman–Crippen MR) is 148 cm³/mol. The van der Waals surface area contributed by atoms with Crippen molar-refractivity contribution in [2.45, 2.75) is 25.0 Å². The van der Waals surface area contributed by atoms with Crippen molar-refractivity contribution in [3.05, 3.63) is 120 Å². The molecule has 1 atom stereocenters. The molecule has 0 fully saturated rings. The summed E-state index contributed by atoms with van der Waals surface area (Å²) in [6.07, 6.45) is 5.10. The van der Waals surface area contributed by atoms with Crippen LogP contribution in [0.2, 0.25) is 0 Å². The van der Waals surface area contributed by atoms with Crippen LogP contribution in [0.15, 0.2) is 97.3 Å². The van der Waals surface area contributed by atoms with Crippen LogP contribution >= 0.6 is 0 Å². The van der Waals surface area contributed by atoms with Gasteiger partial charge < -0.3 is 19.3 Å². The fourth-order valence-corrected chi connectivity index (χ4v) is 4.98. The number of aliphatic hydroxyl groups is 1. The quantitative estimate of drug-likeness (QED) is 0.310. The van der Waals surface area contributed by atoms with Crippen LogP contribution in [0.25, 0.3) is 5.57 Å². The Labute approximate surface area is 227 Å². The maximum absolute atomic E-state index is 14.2. The van der Waals surface area contributed by atoms with Crippen LogP contribution in [0.1, 0.15) is 22.3 Å². The third kappa shape index (κ3) is 5.09. The van der Waals surface area contributed by atoms with Gasteiger partial charge in [-0.1, -0.05) is 54.6 Å². The summed E-state index contributed by atoms with van der Waals surface area (Å²) in [6.45, 7) is 0.469. The molecule has 0 spiro atoms. The summed E-state index contributed by atoms with van der Waals surface area (Å²) in [7, 11) is 4.76. The molecule has 1 unspecified atom stereocenters. The first-order chi connectivity index (χ1) is 19.0. The van der Waals surface area contributed by atoms with Gasteiger partial charge in [0.05, 0.1) is 19.3 Å². The van der Waals surface area contributed by atoms with Crippen molar-refractivity contribution in [3.8, 4) is 5.75 Å². The molecule has 0 saturated heterocycles. The number of hydrogen-bond donors (Lipinski definition) is 1. The Kier molecular flexibility index (Phi) is 7.60. The van der Waals surface area contributed by atoms with Crippen molar-refractivity contribution in [1.29, 1.82) is 0 Å². The zero-order valence-electron chi connectivity index (χ0n) is 22.2. The molecule has 1 aliphatic heterocycles. The first-order valence-corrected chi connectivity index (χ1v) is 12.6. The van der Waals surface area contributed by atoms with Crippen molar-refractivity contribution in [3.63, 3.8) is 0 Å². The average Bonchev–Trinajstić information content (AvgIpc) is 3.58. The van der Waals surface area contributed by atoms with E-state index in [-0.39, 0.29) is 5.91 Å². The summed E-state index contributed by atoms with van der Waals surface area (Å²) in [5, 5.41) is 16.6. The molecular formula is C31H31N3O5. The Hall–Kier alpha value is -4.24. The van der Waals surface area contributed by atoms with Gasteiger partial charge in [0.2, 0.25) is 0 Å². The lowest BCUT2D eigenvalue weighted by molar-refractivity contribution is -0.115. The average molecular weight is 526 g/mol. The van der Waals surface area contributed by atoms with E-state index in [1.54, 1.807) is 38.3 Å². The molecule has 39 heavy (non-hydrogen) atoms. The van der Waals surface area contributed by atoms with Crippen LogP contribution in [0.3, 0.4) is 0 Å². The van der Waals surface area contributed by atoms with Crippen molar-refractivity contribution in [2.75, 3.05) is 26.2 Å². The van der Waals surface area contributed by atoms with Crippen LogP contribution in [0, 0.1) is 0 Å². The number of methoxy groups -OCH3 is 3. The van der Waals surface area contributed by atoms with Crippen LogP contribution in [0.4, 0.5) is 5.69 Å².